The predicted octanol–water partition coefficient (Wildman–Crippen LogP) is 4.25. The van der Waals surface area contributed by atoms with E-state index >= 15 is 0 Å². The fourth-order valence-corrected chi connectivity index (χ4v) is 3.79. The Morgan fingerprint density at radius 3 is 2.65 bits per heavy atom. The smallest absolute Gasteiger partial charge is 0.169 e. The van der Waals surface area contributed by atoms with Crippen LogP contribution in [-0.2, 0) is 4.74 Å². The van der Waals surface area contributed by atoms with E-state index in [-0.39, 0.29) is 6.04 Å². The number of hydrogen-bond donors (Lipinski definition) is 1. The van der Waals surface area contributed by atoms with E-state index in [1.165, 1.54) is 22.2 Å². The van der Waals surface area contributed by atoms with Crippen LogP contribution in [0.5, 0.6) is 0 Å². The molecule has 0 radical (unpaired) electrons. The summed E-state index contributed by atoms with van der Waals surface area (Å²) in [5, 5.41) is 1.26. The van der Waals surface area contributed by atoms with Gasteiger partial charge in [-0.15, -0.1) is 0 Å². The molecular weight excluding hydrogens is 356 g/mol. The van der Waals surface area contributed by atoms with E-state index in [0.29, 0.717) is 0 Å². The average molecular weight is 375 g/mol. The van der Waals surface area contributed by atoms with Crippen LogP contribution in [0.2, 0.25) is 0 Å². The normalized spacial score (nSPS) is 17.7. The summed E-state index contributed by atoms with van der Waals surface area (Å²) in [5.74, 6) is 0.964. The van der Waals surface area contributed by atoms with E-state index in [1.54, 1.807) is 0 Å². The second-order valence-corrected chi connectivity index (χ2v) is 6.68. The molecule has 2 aromatic heterocycles. The summed E-state index contributed by atoms with van der Waals surface area (Å²) in [6, 6.07) is 12.6. The lowest BCUT2D eigenvalue weighted by atomic mass is 9.99. The van der Waals surface area contributed by atoms with Gasteiger partial charge >= 0.3 is 0 Å². The van der Waals surface area contributed by atoms with E-state index < -0.39 is 0 Å². The van der Waals surface area contributed by atoms with Crippen molar-refractivity contribution in [2.24, 2.45) is 0 Å². The molecule has 1 N–H and O–H groups in total. The Bertz CT molecular complexity index is 817. The molecule has 1 unspecified atom stereocenters. The first kappa shape index (κ1) is 15.0. The minimum absolute atomic E-state index is 0.0985. The van der Waals surface area contributed by atoms with Gasteiger partial charge in [-0.2, -0.15) is 0 Å². The highest BCUT2D eigenvalue weighted by molar-refractivity contribution is 9.10. The average Bonchev–Trinajstić information content (AvgIpc) is 3.13. The molecule has 4 nitrogen and oxygen atoms in total. The molecule has 1 fully saturated rings. The molecule has 5 heteroatoms. The number of aromatic amines is 1. The van der Waals surface area contributed by atoms with Gasteiger partial charge in [-0.05, 0) is 41.1 Å². The van der Waals surface area contributed by atoms with Crippen molar-refractivity contribution in [1.82, 2.24) is 9.88 Å². The molecular formula is C18H19BrN2O2. The number of fused-ring (bicyclic) bond motifs is 1. The number of ether oxygens (including phenoxy) is 1. The number of para-hydroxylation sites is 1. The van der Waals surface area contributed by atoms with Gasteiger partial charge in [0, 0.05) is 35.2 Å². The number of rotatable bonds is 3. The standard InChI is InChI=1S/C18H19BrN2O2/c1-12-17(13-4-2-3-5-14(13)20-12)18(15-6-7-16(19)23-15)21-8-10-22-11-9-21/h2-7,18,20H,8-11H2,1H3. The van der Waals surface area contributed by atoms with Crippen LogP contribution in [0, 0.1) is 6.92 Å². The van der Waals surface area contributed by atoms with Crippen LogP contribution in [0.1, 0.15) is 23.1 Å². The molecule has 0 amide bonds. The van der Waals surface area contributed by atoms with Crippen molar-refractivity contribution in [3.8, 4) is 0 Å². The molecule has 1 saturated heterocycles. The second kappa shape index (κ2) is 6.15. The van der Waals surface area contributed by atoms with Crippen molar-refractivity contribution < 1.29 is 9.15 Å². The third kappa shape index (κ3) is 2.73. The molecule has 0 saturated carbocycles. The first-order chi connectivity index (χ1) is 11.2. The van der Waals surface area contributed by atoms with Crippen LogP contribution in [-0.4, -0.2) is 36.2 Å². The van der Waals surface area contributed by atoms with Crippen molar-refractivity contribution in [2.45, 2.75) is 13.0 Å². The number of nitrogens with zero attached hydrogens (tertiary/aromatic N) is 1. The number of H-pyrrole nitrogens is 1. The Labute approximate surface area is 143 Å². The van der Waals surface area contributed by atoms with E-state index in [9.17, 15) is 0 Å². The van der Waals surface area contributed by atoms with Crippen LogP contribution in [0.3, 0.4) is 0 Å². The van der Waals surface area contributed by atoms with Crippen molar-refractivity contribution in [3.63, 3.8) is 0 Å². The summed E-state index contributed by atoms with van der Waals surface area (Å²) in [4.78, 5) is 5.95. The quantitative estimate of drug-likeness (QED) is 0.744. The minimum Gasteiger partial charge on any atom is -0.452 e. The van der Waals surface area contributed by atoms with Gasteiger partial charge in [0.15, 0.2) is 4.67 Å². The Balaban J connectivity index is 1.87. The number of halogens is 1. The predicted molar refractivity (Wildman–Crippen MR) is 93.7 cm³/mol. The van der Waals surface area contributed by atoms with Gasteiger partial charge in [-0.3, -0.25) is 4.90 Å². The molecule has 0 bridgehead atoms. The highest BCUT2D eigenvalue weighted by atomic mass is 79.9. The van der Waals surface area contributed by atoms with Gasteiger partial charge < -0.3 is 14.1 Å². The maximum atomic E-state index is 5.95. The van der Waals surface area contributed by atoms with E-state index in [0.717, 1.165) is 36.7 Å². The number of hydrogen-bond acceptors (Lipinski definition) is 3. The van der Waals surface area contributed by atoms with Crippen LogP contribution in [0.4, 0.5) is 0 Å². The van der Waals surface area contributed by atoms with Crippen LogP contribution < -0.4 is 0 Å². The van der Waals surface area contributed by atoms with E-state index in [2.05, 4.69) is 63.1 Å². The highest BCUT2D eigenvalue weighted by Crippen LogP contribution is 2.37. The second-order valence-electron chi connectivity index (χ2n) is 5.90. The summed E-state index contributed by atoms with van der Waals surface area (Å²) >= 11 is 3.44. The van der Waals surface area contributed by atoms with Gasteiger partial charge in [-0.1, -0.05) is 18.2 Å². The summed E-state index contributed by atoms with van der Waals surface area (Å²) in [7, 11) is 0. The lowest BCUT2D eigenvalue weighted by Gasteiger charge is -2.33. The first-order valence-electron chi connectivity index (χ1n) is 7.88. The van der Waals surface area contributed by atoms with Gasteiger partial charge in [0.1, 0.15) is 5.76 Å². The lowest BCUT2D eigenvalue weighted by Crippen LogP contribution is -2.39. The van der Waals surface area contributed by atoms with Crippen molar-refractivity contribution in [3.05, 3.63) is 58.1 Å². The zero-order chi connectivity index (χ0) is 15.8. The van der Waals surface area contributed by atoms with Crippen LogP contribution >= 0.6 is 15.9 Å². The molecule has 0 aliphatic carbocycles. The molecule has 23 heavy (non-hydrogen) atoms. The van der Waals surface area contributed by atoms with Gasteiger partial charge in [0.25, 0.3) is 0 Å². The topological polar surface area (TPSA) is 41.4 Å². The molecule has 1 aliphatic rings. The number of benzene rings is 1. The molecule has 4 rings (SSSR count). The largest absolute Gasteiger partial charge is 0.452 e. The zero-order valence-electron chi connectivity index (χ0n) is 13.0. The van der Waals surface area contributed by atoms with Crippen LogP contribution in [0.25, 0.3) is 10.9 Å². The fraction of sp³-hybridized carbons (Fsp3) is 0.333. The first-order valence-corrected chi connectivity index (χ1v) is 8.67. The maximum absolute atomic E-state index is 5.95. The Morgan fingerprint density at radius 1 is 1.13 bits per heavy atom. The summed E-state index contributed by atoms with van der Waals surface area (Å²) in [5.41, 5.74) is 3.66. The van der Waals surface area contributed by atoms with Crippen molar-refractivity contribution in [2.75, 3.05) is 26.3 Å². The van der Waals surface area contributed by atoms with Crippen molar-refractivity contribution in [1.29, 1.82) is 0 Å². The third-order valence-corrected chi connectivity index (χ3v) is 4.92. The Morgan fingerprint density at radius 2 is 1.91 bits per heavy atom. The number of morpholine rings is 1. The number of furan rings is 1. The molecule has 0 spiro atoms. The van der Waals surface area contributed by atoms with Crippen LogP contribution in [0.15, 0.2) is 45.5 Å². The highest BCUT2D eigenvalue weighted by Gasteiger charge is 2.30. The van der Waals surface area contributed by atoms with Gasteiger partial charge in [0.2, 0.25) is 0 Å². The van der Waals surface area contributed by atoms with Gasteiger partial charge in [-0.25, -0.2) is 0 Å². The molecule has 3 aromatic rings. The van der Waals surface area contributed by atoms with E-state index in [1.807, 2.05) is 6.07 Å². The lowest BCUT2D eigenvalue weighted by molar-refractivity contribution is 0.0202. The molecule has 1 aromatic carbocycles. The monoisotopic (exact) mass is 374 g/mol. The number of aromatic nitrogens is 1. The molecule has 3 heterocycles. The summed E-state index contributed by atoms with van der Waals surface area (Å²) < 4.78 is 12.3. The van der Waals surface area contributed by atoms with Crippen molar-refractivity contribution >= 4 is 26.8 Å². The summed E-state index contributed by atoms with van der Waals surface area (Å²) in [6.07, 6.45) is 0. The molecule has 120 valence electrons. The Kier molecular flexibility index (Phi) is 4.01. The fourth-order valence-electron chi connectivity index (χ4n) is 3.47. The maximum Gasteiger partial charge on any atom is 0.169 e. The minimum atomic E-state index is 0.0985. The van der Waals surface area contributed by atoms with E-state index in [4.69, 9.17) is 9.15 Å². The number of nitrogens with one attached hydrogen (secondary N) is 1. The number of aryl methyl sites for hydroxylation is 1. The zero-order valence-corrected chi connectivity index (χ0v) is 14.6. The molecule has 1 aliphatic heterocycles. The third-order valence-electron chi connectivity index (χ3n) is 4.49. The SMILES string of the molecule is Cc1[nH]c2ccccc2c1C(c1ccc(Br)o1)N1CCOCC1. The Hall–Kier alpha value is -1.56. The molecule has 1 atom stereocenters. The summed E-state index contributed by atoms with van der Waals surface area (Å²) in [6.45, 7) is 5.48. The van der Waals surface area contributed by atoms with Gasteiger partial charge in [0.05, 0.1) is 19.3 Å².